The maximum Gasteiger partial charge on any atom is 0.181 e. The van der Waals surface area contributed by atoms with Gasteiger partial charge in [0.25, 0.3) is 0 Å². The van der Waals surface area contributed by atoms with Gasteiger partial charge < -0.3 is 9.40 Å². The highest BCUT2D eigenvalue weighted by Crippen LogP contribution is 2.33. The maximum absolute atomic E-state index is 5.24. The summed E-state index contributed by atoms with van der Waals surface area (Å²) in [6.45, 7) is 0. The number of fused-ring (bicyclic) bond motifs is 2. The summed E-state index contributed by atoms with van der Waals surface area (Å²) in [6, 6.07) is 8.05. The number of hydrogen-bond donors (Lipinski definition) is 3. The van der Waals surface area contributed by atoms with Gasteiger partial charge in [0.15, 0.2) is 5.65 Å². The summed E-state index contributed by atoms with van der Waals surface area (Å²) in [5.41, 5.74) is 7.23. The molecule has 0 aromatic carbocycles. The average molecular weight is 367 g/mol. The fourth-order valence-electron chi connectivity index (χ4n) is 3.50. The molecule has 8 heteroatoms. The van der Waals surface area contributed by atoms with E-state index in [1.807, 2.05) is 18.3 Å². The van der Waals surface area contributed by atoms with Crippen molar-refractivity contribution in [3.8, 4) is 33.6 Å². The van der Waals surface area contributed by atoms with Crippen LogP contribution in [0.5, 0.6) is 0 Å². The van der Waals surface area contributed by atoms with Crippen molar-refractivity contribution < 1.29 is 4.42 Å². The van der Waals surface area contributed by atoms with Crippen molar-refractivity contribution in [2.24, 2.45) is 0 Å². The molecule has 6 aromatic rings. The third-order valence-electron chi connectivity index (χ3n) is 4.87. The van der Waals surface area contributed by atoms with E-state index in [1.54, 1.807) is 31.1 Å². The topological polar surface area (TPSA) is 112 Å². The van der Waals surface area contributed by atoms with Gasteiger partial charge in [-0.3, -0.25) is 10.2 Å². The fraction of sp³-hybridized carbons (Fsp3) is 0. The Morgan fingerprint density at radius 3 is 2.79 bits per heavy atom. The molecular weight excluding hydrogens is 354 g/mol. The predicted octanol–water partition coefficient (Wildman–Crippen LogP) is 4.15. The molecule has 6 heterocycles. The van der Waals surface area contributed by atoms with E-state index in [0.717, 1.165) is 50.1 Å². The van der Waals surface area contributed by atoms with Crippen LogP contribution in [0, 0.1) is 0 Å². The molecule has 6 aromatic heterocycles. The molecule has 0 saturated heterocycles. The molecule has 0 saturated carbocycles. The highest BCUT2D eigenvalue weighted by molar-refractivity contribution is 5.99. The molecule has 134 valence electrons. The second-order valence-corrected chi connectivity index (χ2v) is 6.50. The predicted molar refractivity (Wildman–Crippen MR) is 104 cm³/mol. The molecular formula is C20H13N7O. The van der Waals surface area contributed by atoms with Crippen LogP contribution >= 0.6 is 0 Å². The van der Waals surface area contributed by atoms with E-state index in [-0.39, 0.29) is 0 Å². The van der Waals surface area contributed by atoms with Crippen LogP contribution in [0.3, 0.4) is 0 Å². The molecule has 0 bridgehead atoms. The summed E-state index contributed by atoms with van der Waals surface area (Å²) < 4.78 is 5.24. The number of nitrogens with one attached hydrogen (secondary N) is 3. The van der Waals surface area contributed by atoms with Gasteiger partial charge in [-0.15, -0.1) is 0 Å². The van der Waals surface area contributed by atoms with E-state index in [1.165, 1.54) is 0 Å². The van der Waals surface area contributed by atoms with Crippen molar-refractivity contribution in [2.45, 2.75) is 0 Å². The Kier molecular flexibility index (Phi) is 3.01. The first kappa shape index (κ1) is 14.9. The van der Waals surface area contributed by atoms with Crippen molar-refractivity contribution >= 4 is 22.1 Å². The van der Waals surface area contributed by atoms with Crippen LogP contribution in [-0.2, 0) is 0 Å². The SMILES string of the molecule is c1cc(-c2ccoc2)c2cc(-c3[nH]nc4ncc(-c5cn[nH]c5)cc34)[nH]c2n1. The second-order valence-electron chi connectivity index (χ2n) is 6.50. The number of hydrogen-bond acceptors (Lipinski definition) is 5. The molecule has 0 radical (unpaired) electrons. The summed E-state index contributed by atoms with van der Waals surface area (Å²) >= 11 is 0. The zero-order chi connectivity index (χ0) is 18.5. The Morgan fingerprint density at radius 2 is 1.93 bits per heavy atom. The minimum Gasteiger partial charge on any atom is -0.472 e. The van der Waals surface area contributed by atoms with E-state index < -0.39 is 0 Å². The highest BCUT2D eigenvalue weighted by atomic mass is 16.3. The number of pyridine rings is 2. The molecule has 0 aliphatic rings. The van der Waals surface area contributed by atoms with Crippen LogP contribution in [0.1, 0.15) is 0 Å². The smallest absolute Gasteiger partial charge is 0.181 e. The number of nitrogens with zero attached hydrogens (tertiary/aromatic N) is 4. The van der Waals surface area contributed by atoms with E-state index in [0.29, 0.717) is 5.65 Å². The fourth-order valence-corrected chi connectivity index (χ4v) is 3.50. The highest BCUT2D eigenvalue weighted by Gasteiger charge is 2.15. The van der Waals surface area contributed by atoms with Gasteiger partial charge in [0, 0.05) is 46.1 Å². The summed E-state index contributed by atoms with van der Waals surface area (Å²) in [5.74, 6) is 0. The van der Waals surface area contributed by atoms with E-state index in [4.69, 9.17) is 4.42 Å². The van der Waals surface area contributed by atoms with Crippen molar-refractivity contribution in [3.63, 3.8) is 0 Å². The first-order valence-corrected chi connectivity index (χ1v) is 8.71. The van der Waals surface area contributed by atoms with E-state index in [9.17, 15) is 0 Å². The molecule has 0 fully saturated rings. The molecule has 0 unspecified atom stereocenters. The van der Waals surface area contributed by atoms with Gasteiger partial charge in [0.2, 0.25) is 0 Å². The van der Waals surface area contributed by atoms with Crippen LogP contribution in [-0.4, -0.2) is 35.3 Å². The Morgan fingerprint density at radius 1 is 0.929 bits per heavy atom. The Hall–Kier alpha value is -4.20. The lowest BCUT2D eigenvalue weighted by atomic mass is 10.1. The standard InChI is InChI=1S/C20H13N7O/c1-3-21-19-15(14(1)11-2-4-28-10-11)6-17(25-19)18-16-5-12(13-8-23-24-9-13)7-22-20(16)27-26-18/h1-10H,(H,21,25)(H,23,24)(H,22,26,27). The number of rotatable bonds is 3. The lowest BCUT2D eigenvalue weighted by Crippen LogP contribution is -1.82. The molecule has 3 N–H and O–H groups in total. The number of aromatic nitrogens is 7. The Bertz CT molecular complexity index is 1410. The monoisotopic (exact) mass is 367 g/mol. The minimum absolute atomic E-state index is 0.656. The van der Waals surface area contributed by atoms with E-state index >= 15 is 0 Å². The third-order valence-corrected chi connectivity index (χ3v) is 4.87. The number of furan rings is 1. The first-order valence-electron chi connectivity index (χ1n) is 8.71. The van der Waals surface area contributed by atoms with Crippen LogP contribution < -0.4 is 0 Å². The average Bonchev–Trinajstić information content (AvgIpc) is 3.53. The van der Waals surface area contributed by atoms with Crippen LogP contribution in [0.4, 0.5) is 0 Å². The molecule has 0 aliphatic heterocycles. The van der Waals surface area contributed by atoms with Crippen molar-refractivity contribution in [2.75, 3.05) is 0 Å². The molecule has 0 aliphatic carbocycles. The Balaban J connectivity index is 1.55. The number of H-pyrrole nitrogens is 3. The van der Waals surface area contributed by atoms with Gasteiger partial charge in [-0.2, -0.15) is 10.2 Å². The van der Waals surface area contributed by atoms with Gasteiger partial charge in [-0.1, -0.05) is 0 Å². The van der Waals surface area contributed by atoms with Gasteiger partial charge in [0.1, 0.15) is 5.65 Å². The number of aromatic amines is 3. The third kappa shape index (κ3) is 2.18. The van der Waals surface area contributed by atoms with Crippen molar-refractivity contribution in [1.29, 1.82) is 0 Å². The van der Waals surface area contributed by atoms with Gasteiger partial charge >= 0.3 is 0 Å². The van der Waals surface area contributed by atoms with Crippen LogP contribution in [0.25, 0.3) is 55.7 Å². The maximum atomic E-state index is 5.24. The van der Waals surface area contributed by atoms with Crippen LogP contribution in [0.2, 0.25) is 0 Å². The Labute approximate surface area is 157 Å². The zero-order valence-corrected chi connectivity index (χ0v) is 14.5. The quantitative estimate of drug-likeness (QED) is 0.435. The molecule has 6 rings (SSSR count). The summed E-state index contributed by atoms with van der Waals surface area (Å²) in [5, 5.41) is 16.2. The summed E-state index contributed by atoms with van der Waals surface area (Å²) in [6.07, 6.45) is 10.6. The second kappa shape index (κ2) is 5.65. The minimum atomic E-state index is 0.656. The largest absolute Gasteiger partial charge is 0.472 e. The van der Waals surface area contributed by atoms with Crippen molar-refractivity contribution in [3.05, 3.63) is 61.6 Å². The van der Waals surface area contributed by atoms with Gasteiger partial charge in [-0.25, -0.2) is 9.97 Å². The normalized spacial score (nSPS) is 11.6. The molecule has 0 amide bonds. The van der Waals surface area contributed by atoms with E-state index in [2.05, 4.69) is 47.5 Å². The zero-order valence-electron chi connectivity index (χ0n) is 14.5. The van der Waals surface area contributed by atoms with Gasteiger partial charge in [0.05, 0.1) is 30.1 Å². The van der Waals surface area contributed by atoms with Crippen molar-refractivity contribution in [1.82, 2.24) is 35.3 Å². The lowest BCUT2D eigenvalue weighted by molar-refractivity contribution is 0.568. The summed E-state index contributed by atoms with van der Waals surface area (Å²) in [4.78, 5) is 12.3. The molecule has 28 heavy (non-hydrogen) atoms. The van der Waals surface area contributed by atoms with Gasteiger partial charge in [-0.05, 0) is 29.8 Å². The molecule has 8 nitrogen and oxygen atoms in total. The molecule has 0 atom stereocenters. The lowest BCUT2D eigenvalue weighted by Gasteiger charge is -1.98. The van der Waals surface area contributed by atoms with Crippen LogP contribution in [0.15, 0.2) is 66.0 Å². The first-order chi connectivity index (χ1) is 13.9. The summed E-state index contributed by atoms with van der Waals surface area (Å²) in [7, 11) is 0. The molecule has 0 spiro atoms.